The Balaban J connectivity index is 1.87. The van der Waals surface area contributed by atoms with Gasteiger partial charge in [-0.1, -0.05) is 12.1 Å². The maximum Gasteiger partial charge on any atom is 0.416 e. The topological polar surface area (TPSA) is 65.5 Å². The smallest absolute Gasteiger partial charge is 0.357 e. The van der Waals surface area contributed by atoms with Crippen molar-refractivity contribution in [1.82, 2.24) is 16.0 Å². The van der Waals surface area contributed by atoms with Crippen LogP contribution in [0.25, 0.3) is 0 Å². The van der Waals surface area contributed by atoms with Gasteiger partial charge in [-0.2, -0.15) is 13.2 Å². The second-order valence-corrected chi connectivity index (χ2v) is 6.96. The third kappa shape index (κ3) is 7.37. The molecule has 1 heterocycles. The molecule has 0 aliphatic heterocycles. The van der Waals surface area contributed by atoms with Gasteiger partial charge in [0, 0.05) is 19.6 Å². The van der Waals surface area contributed by atoms with Crippen LogP contribution in [0, 0.1) is 5.82 Å². The highest BCUT2D eigenvalue weighted by Gasteiger charge is 2.33. The summed E-state index contributed by atoms with van der Waals surface area (Å²) in [5, 5.41) is 10.6. The highest BCUT2D eigenvalue weighted by molar-refractivity contribution is 7.12. The van der Waals surface area contributed by atoms with Crippen LogP contribution in [0.5, 0.6) is 0 Å². The highest BCUT2D eigenvalue weighted by Crippen LogP contribution is 2.32. The lowest BCUT2D eigenvalue weighted by Gasteiger charge is -2.14. The van der Waals surface area contributed by atoms with Gasteiger partial charge in [0.05, 0.1) is 17.0 Å². The maximum absolute atomic E-state index is 13.2. The summed E-state index contributed by atoms with van der Waals surface area (Å²) in [6.45, 7) is 3.01. The second kappa shape index (κ2) is 10.8. The van der Waals surface area contributed by atoms with E-state index in [2.05, 4.69) is 20.9 Å². The van der Waals surface area contributed by atoms with E-state index in [-0.39, 0.29) is 18.0 Å². The first kappa shape index (κ1) is 22.7. The molecule has 0 spiro atoms. The van der Waals surface area contributed by atoms with Gasteiger partial charge in [-0.05, 0) is 42.5 Å². The van der Waals surface area contributed by atoms with Gasteiger partial charge >= 0.3 is 6.18 Å². The zero-order chi connectivity index (χ0) is 21.3. The van der Waals surface area contributed by atoms with Gasteiger partial charge in [0.15, 0.2) is 5.96 Å². The number of carbonyl (C=O) groups excluding carboxylic acids is 1. The monoisotopic (exact) mass is 430 g/mol. The summed E-state index contributed by atoms with van der Waals surface area (Å²) in [5.41, 5.74) is -1.15. The fourth-order valence-corrected chi connectivity index (χ4v) is 3.09. The quantitative estimate of drug-likeness (QED) is 0.259. The summed E-state index contributed by atoms with van der Waals surface area (Å²) in [5.74, 6) is -0.745. The van der Waals surface area contributed by atoms with E-state index in [4.69, 9.17) is 0 Å². The molecule has 2 aromatic rings. The number of benzene rings is 1. The molecule has 2 rings (SSSR count). The summed E-state index contributed by atoms with van der Waals surface area (Å²) in [6.07, 6.45) is -4.05. The molecule has 10 heteroatoms. The third-order valence-corrected chi connectivity index (χ3v) is 4.67. The van der Waals surface area contributed by atoms with Gasteiger partial charge in [-0.3, -0.25) is 4.79 Å². The molecule has 0 bridgehead atoms. The Kier molecular flexibility index (Phi) is 8.44. The highest BCUT2D eigenvalue weighted by atomic mass is 32.1. The number of amides is 1. The SMILES string of the molecule is CCNC(=NCc1ccc(F)cc1C(F)(F)F)NCCCNC(=O)c1cccs1. The van der Waals surface area contributed by atoms with Crippen LogP contribution in [0.15, 0.2) is 40.7 Å². The molecule has 0 aliphatic carbocycles. The Bertz CT molecular complexity index is 822. The summed E-state index contributed by atoms with van der Waals surface area (Å²) in [6, 6.07) is 6.08. The predicted molar refractivity (Wildman–Crippen MR) is 105 cm³/mol. The molecule has 0 fully saturated rings. The summed E-state index contributed by atoms with van der Waals surface area (Å²) in [7, 11) is 0. The van der Waals surface area contributed by atoms with Crippen LogP contribution in [0.3, 0.4) is 0 Å². The van der Waals surface area contributed by atoms with Crippen molar-refractivity contribution >= 4 is 23.2 Å². The number of thiophene rings is 1. The van der Waals surface area contributed by atoms with Crippen LogP contribution in [0.4, 0.5) is 17.6 Å². The lowest BCUT2D eigenvalue weighted by molar-refractivity contribution is -0.138. The standard InChI is InChI=1S/C19H22F4N4OS/c1-2-24-18(26-9-4-8-25-17(28)16-5-3-10-29-16)27-12-13-6-7-14(20)11-15(13)19(21,22)23/h3,5-7,10-11H,2,4,8-9,12H2,1H3,(H,25,28)(H2,24,26,27). The van der Waals surface area contributed by atoms with Crippen molar-refractivity contribution in [2.45, 2.75) is 26.1 Å². The minimum absolute atomic E-state index is 0.112. The van der Waals surface area contributed by atoms with Gasteiger partial charge in [0.25, 0.3) is 5.91 Å². The van der Waals surface area contributed by atoms with E-state index in [0.717, 1.165) is 12.1 Å². The first-order valence-corrected chi connectivity index (χ1v) is 9.88. The Morgan fingerprint density at radius 1 is 1.14 bits per heavy atom. The van der Waals surface area contributed by atoms with Crippen molar-refractivity contribution < 1.29 is 22.4 Å². The molecule has 0 radical (unpaired) electrons. The van der Waals surface area contributed by atoms with E-state index in [1.165, 1.54) is 11.3 Å². The number of nitrogens with one attached hydrogen (secondary N) is 3. The molecule has 1 amide bonds. The van der Waals surface area contributed by atoms with E-state index in [1.807, 2.05) is 12.3 Å². The number of halogens is 4. The summed E-state index contributed by atoms with van der Waals surface area (Å²) < 4.78 is 52.4. The number of carbonyl (C=O) groups is 1. The van der Waals surface area contributed by atoms with Gasteiger partial charge in [-0.25, -0.2) is 9.38 Å². The Morgan fingerprint density at radius 3 is 2.55 bits per heavy atom. The molecule has 0 atom stereocenters. The van der Waals surface area contributed by atoms with Crippen molar-refractivity contribution in [1.29, 1.82) is 0 Å². The molecule has 0 unspecified atom stereocenters. The van der Waals surface area contributed by atoms with Crippen molar-refractivity contribution in [2.75, 3.05) is 19.6 Å². The van der Waals surface area contributed by atoms with Gasteiger partial charge in [0.1, 0.15) is 5.82 Å². The number of hydrogen-bond acceptors (Lipinski definition) is 3. The molecule has 1 aromatic heterocycles. The molecular weight excluding hydrogens is 408 g/mol. The van der Waals surface area contributed by atoms with Crippen molar-refractivity contribution in [3.05, 3.63) is 57.5 Å². The lowest BCUT2D eigenvalue weighted by Crippen LogP contribution is -2.38. The zero-order valence-corrected chi connectivity index (χ0v) is 16.6. The van der Waals surface area contributed by atoms with Crippen molar-refractivity contribution in [2.24, 2.45) is 4.99 Å². The maximum atomic E-state index is 13.2. The molecule has 3 N–H and O–H groups in total. The predicted octanol–water partition coefficient (Wildman–Crippen LogP) is 3.78. The zero-order valence-electron chi connectivity index (χ0n) is 15.8. The molecule has 158 valence electrons. The molecule has 0 saturated heterocycles. The number of guanidine groups is 1. The Morgan fingerprint density at radius 2 is 1.90 bits per heavy atom. The van der Waals surface area contributed by atoms with Gasteiger partial charge in [-0.15, -0.1) is 11.3 Å². The van der Waals surface area contributed by atoms with Crippen LogP contribution >= 0.6 is 11.3 Å². The Labute approximate surface area is 170 Å². The fourth-order valence-electron chi connectivity index (χ4n) is 2.45. The number of hydrogen-bond donors (Lipinski definition) is 3. The van der Waals surface area contributed by atoms with Crippen LogP contribution in [0.2, 0.25) is 0 Å². The number of alkyl halides is 3. The van der Waals surface area contributed by atoms with Crippen molar-refractivity contribution in [3.8, 4) is 0 Å². The molecule has 5 nitrogen and oxygen atoms in total. The van der Waals surface area contributed by atoms with E-state index < -0.39 is 17.6 Å². The van der Waals surface area contributed by atoms with Gasteiger partial charge in [0.2, 0.25) is 0 Å². The second-order valence-electron chi connectivity index (χ2n) is 6.01. The average Bonchev–Trinajstić information content (AvgIpc) is 3.20. The molecule has 29 heavy (non-hydrogen) atoms. The minimum atomic E-state index is -4.65. The largest absolute Gasteiger partial charge is 0.416 e. The lowest BCUT2D eigenvalue weighted by atomic mass is 10.1. The summed E-state index contributed by atoms with van der Waals surface area (Å²) >= 11 is 1.35. The minimum Gasteiger partial charge on any atom is -0.357 e. The van der Waals surface area contributed by atoms with Gasteiger partial charge < -0.3 is 16.0 Å². The first-order valence-electron chi connectivity index (χ1n) is 9.00. The van der Waals surface area contributed by atoms with Crippen molar-refractivity contribution in [3.63, 3.8) is 0 Å². The van der Waals surface area contributed by atoms with E-state index in [9.17, 15) is 22.4 Å². The summed E-state index contributed by atoms with van der Waals surface area (Å²) in [4.78, 5) is 16.6. The van der Waals surface area contributed by atoms with Crippen LogP contribution in [0.1, 0.15) is 34.1 Å². The van der Waals surface area contributed by atoms with Crippen LogP contribution in [-0.4, -0.2) is 31.5 Å². The normalized spacial score (nSPS) is 12.0. The number of aliphatic imine (C=N–C) groups is 1. The number of nitrogens with zero attached hydrogens (tertiary/aromatic N) is 1. The molecule has 0 aliphatic rings. The molecular formula is C19H22F4N4OS. The van der Waals surface area contributed by atoms with Crippen LogP contribution in [-0.2, 0) is 12.7 Å². The number of rotatable bonds is 8. The Hall–Kier alpha value is -2.62. The van der Waals surface area contributed by atoms with Crippen LogP contribution < -0.4 is 16.0 Å². The third-order valence-electron chi connectivity index (χ3n) is 3.81. The van der Waals surface area contributed by atoms with E-state index in [0.29, 0.717) is 43.0 Å². The average molecular weight is 430 g/mol. The molecule has 1 aromatic carbocycles. The van der Waals surface area contributed by atoms with E-state index in [1.54, 1.807) is 12.1 Å². The first-order chi connectivity index (χ1) is 13.8. The van der Waals surface area contributed by atoms with E-state index >= 15 is 0 Å². The fraction of sp³-hybridized carbons (Fsp3) is 0.368. The molecule has 0 saturated carbocycles.